The maximum Gasteiger partial charge on any atom is 0.0724 e. The standard InChI is InChI=1S/C18H32N2O/c1-13-8-9-20(12-17(13)21-5)16-10-15(18(2,3)4)7-6-14(16)11-19/h13-17H,6-10,12H2,1-5H3. The van der Waals surface area contributed by atoms with Gasteiger partial charge in [-0.2, -0.15) is 5.26 Å². The van der Waals surface area contributed by atoms with Gasteiger partial charge < -0.3 is 4.74 Å². The summed E-state index contributed by atoms with van der Waals surface area (Å²) >= 11 is 0. The molecule has 120 valence electrons. The molecule has 3 heteroatoms. The Bertz CT molecular complexity index is 382. The molecule has 0 bridgehead atoms. The van der Waals surface area contributed by atoms with Crippen LogP contribution in [0.1, 0.15) is 53.4 Å². The first-order valence-corrected chi connectivity index (χ1v) is 8.53. The van der Waals surface area contributed by atoms with Gasteiger partial charge in [0.15, 0.2) is 0 Å². The van der Waals surface area contributed by atoms with E-state index >= 15 is 0 Å². The van der Waals surface area contributed by atoms with E-state index in [1.165, 1.54) is 19.3 Å². The highest BCUT2D eigenvalue weighted by Gasteiger charge is 2.40. The molecule has 0 aromatic carbocycles. The molecular weight excluding hydrogens is 260 g/mol. The normalized spacial score (nSPS) is 39.0. The van der Waals surface area contributed by atoms with Crippen molar-refractivity contribution in [2.24, 2.45) is 23.2 Å². The lowest BCUT2D eigenvalue weighted by molar-refractivity contribution is -0.0398. The lowest BCUT2D eigenvalue weighted by atomic mass is 9.67. The molecule has 5 atom stereocenters. The molecule has 2 rings (SSSR count). The number of hydrogen-bond acceptors (Lipinski definition) is 3. The van der Waals surface area contributed by atoms with Gasteiger partial charge in [0.25, 0.3) is 0 Å². The zero-order valence-corrected chi connectivity index (χ0v) is 14.4. The predicted octanol–water partition coefficient (Wildman–Crippen LogP) is 3.70. The summed E-state index contributed by atoms with van der Waals surface area (Å²) in [6, 6.07) is 3.01. The summed E-state index contributed by atoms with van der Waals surface area (Å²) in [4.78, 5) is 2.56. The second-order valence-corrected chi connectivity index (χ2v) is 8.21. The Morgan fingerprint density at radius 3 is 2.48 bits per heavy atom. The summed E-state index contributed by atoms with van der Waals surface area (Å²) < 4.78 is 5.66. The molecule has 3 nitrogen and oxygen atoms in total. The number of nitrogens with zero attached hydrogens (tertiary/aromatic N) is 2. The summed E-state index contributed by atoms with van der Waals surface area (Å²) in [6.07, 6.45) is 4.95. The molecule has 1 heterocycles. The van der Waals surface area contributed by atoms with E-state index in [0.717, 1.165) is 25.4 Å². The number of ether oxygens (including phenoxy) is 1. The van der Waals surface area contributed by atoms with Crippen molar-refractivity contribution in [3.63, 3.8) is 0 Å². The van der Waals surface area contributed by atoms with Crippen molar-refractivity contribution >= 4 is 0 Å². The Morgan fingerprint density at radius 1 is 1.19 bits per heavy atom. The van der Waals surface area contributed by atoms with Gasteiger partial charge in [-0.1, -0.05) is 27.7 Å². The molecule has 1 aliphatic carbocycles. The molecule has 2 aliphatic rings. The predicted molar refractivity (Wildman–Crippen MR) is 85.8 cm³/mol. The fourth-order valence-corrected chi connectivity index (χ4v) is 4.15. The van der Waals surface area contributed by atoms with Crippen LogP contribution in [0.25, 0.3) is 0 Å². The van der Waals surface area contributed by atoms with Crippen molar-refractivity contribution < 1.29 is 4.74 Å². The lowest BCUT2D eigenvalue weighted by Crippen LogP contribution is -2.53. The maximum absolute atomic E-state index is 9.55. The summed E-state index contributed by atoms with van der Waals surface area (Å²) in [6.45, 7) is 11.4. The van der Waals surface area contributed by atoms with Crippen molar-refractivity contribution in [1.82, 2.24) is 4.90 Å². The van der Waals surface area contributed by atoms with Crippen molar-refractivity contribution in [2.45, 2.75) is 65.5 Å². The molecule has 0 radical (unpaired) electrons. The first-order valence-electron chi connectivity index (χ1n) is 8.53. The zero-order valence-electron chi connectivity index (χ0n) is 14.4. The van der Waals surface area contributed by atoms with E-state index in [4.69, 9.17) is 4.74 Å². The van der Waals surface area contributed by atoms with Crippen LogP contribution >= 0.6 is 0 Å². The fraction of sp³-hybridized carbons (Fsp3) is 0.944. The number of piperidine rings is 1. The van der Waals surface area contributed by atoms with E-state index < -0.39 is 0 Å². The second-order valence-electron chi connectivity index (χ2n) is 8.21. The zero-order chi connectivity index (χ0) is 15.6. The molecule has 21 heavy (non-hydrogen) atoms. The monoisotopic (exact) mass is 292 g/mol. The van der Waals surface area contributed by atoms with Gasteiger partial charge in [0.05, 0.1) is 18.1 Å². The Kier molecular flexibility index (Phi) is 5.33. The summed E-state index contributed by atoms with van der Waals surface area (Å²) in [5.41, 5.74) is 0.350. The highest BCUT2D eigenvalue weighted by atomic mass is 16.5. The van der Waals surface area contributed by atoms with Crippen LogP contribution in [0.2, 0.25) is 0 Å². The van der Waals surface area contributed by atoms with Crippen LogP contribution in [-0.4, -0.2) is 37.2 Å². The van der Waals surface area contributed by atoms with Gasteiger partial charge >= 0.3 is 0 Å². The summed E-state index contributed by atoms with van der Waals surface area (Å²) in [5.74, 6) is 1.57. The Balaban J connectivity index is 2.09. The second kappa shape index (κ2) is 6.67. The molecule has 1 saturated carbocycles. The Hall–Kier alpha value is -0.590. The molecule has 0 N–H and O–H groups in total. The van der Waals surface area contributed by atoms with Crippen LogP contribution in [0.15, 0.2) is 0 Å². The Labute approximate surface area is 130 Å². The topological polar surface area (TPSA) is 36.3 Å². The smallest absolute Gasteiger partial charge is 0.0724 e. The van der Waals surface area contributed by atoms with Crippen LogP contribution in [0.5, 0.6) is 0 Å². The third-order valence-corrected chi connectivity index (χ3v) is 5.90. The number of hydrogen-bond donors (Lipinski definition) is 0. The fourth-order valence-electron chi connectivity index (χ4n) is 4.15. The van der Waals surface area contributed by atoms with E-state index in [2.05, 4.69) is 38.7 Å². The van der Waals surface area contributed by atoms with E-state index in [0.29, 0.717) is 23.5 Å². The van der Waals surface area contributed by atoms with Gasteiger partial charge in [0, 0.05) is 19.7 Å². The van der Waals surface area contributed by atoms with Gasteiger partial charge in [0.1, 0.15) is 0 Å². The number of likely N-dealkylation sites (tertiary alicyclic amines) is 1. The van der Waals surface area contributed by atoms with E-state index in [9.17, 15) is 5.26 Å². The minimum absolute atomic E-state index is 0.203. The van der Waals surface area contributed by atoms with Crippen LogP contribution in [-0.2, 0) is 4.74 Å². The largest absolute Gasteiger partial charge is 0.380 e. The molecular formula is C18H32N2O. The number of methoxy groups -OCH3 is 1. The number of rotatable bonds is 2. The van der Waals surface area contributed by atoms with Crippen molar-refractivity contribution in [3.8, 4) is 6.07 Å². The highest BCUT2D eigenvalue weighted by molar-refractivity contribution is 5.00. The molecule has 5 unspecified atom stereocenters. The highest BCUT2D eigenvalue weighted by Crippen LogP contribution is 2.42. The van der Waals surface area contributed by atoms with Gasteiger partial charge in [-0.3, -0.25) is 4.90 Å². The van der Waals surface area contributed by atoms with Crippen LogP contribution in [0, 0.1) is 34.5 Å². The van der Waals surface area contributed by atoms with Crippen LogP contribution in [0.3, 0.4) is 0 Å². The van der Waals surface area contributed by atoms with Crippen molar-refractivity contribution in [1.29, 1.82) is 5.26 Å². The quantitative estimate of drug-likeness (QED) is 0.778. The van der Waals surface area contributed by atoms with Crippen molar-refractivity contribution in [2.75, 3.05) is 20.2 Å². The molecule has 0 spiro atoms. The molecule has 1 aliphatic heterocycles. The molecule has 1 saturated heterocycles. The van der Waals surface area contributed by atoms with E-state index in [-0.39, 0.29) is 5.92 Å². The Morgan fingerprint density at radius 2 is 1.90 bits per heavy atom. The average Bonchev–Trinajstić information content (AvgIpc) is 2.46. The summed E-state index contributed by atoms with van der Waals surface area (Å²) in [5, 5.41) is 9.55. The lowest BCUT2D eigenvalue weighted by Gasteiger charge is -2.47. The minimum Gasteiger partial charge on any atom is -0.380 e. The van der Waals surface area contributed by atoms with Crippen LogP contribution in [0.4, 0.5) is 0 Å². The molecule has 0 amide bonds. The van der Waals surface area contributed by atoms with Gasteiger partial charge in [0.2, 0.25) is 0 Å². The molecule has 2 fully saturated rings. The van der Waals surface area contributed by atoms with Gasteiger partial charge in [-0.25, -0.2) is 0 Å². The van der Waals surface area contributed by atoms with E-state index in [1.54, 1.807) is 0 Å². The molecule has 0 aromatic heterocycles. The maximum atomic E-state index is 9.55. The SMILES string of the molecule is COC1CN(C2CC(C(C)(C)C)CCC2C#N)CCC1C. The third-order valence-electron chi connectivity index (χ3n) is 5.90. The van der Waals surface area contributed by atoms with Crippen LogP contribution < -0.4 is 0 Å². The van der Waals surface area contributed by atoms with Crippen molar-refractivity contribution in [3.05, 3.63) is 0 Å². The van der Waals surface area contributed by atoms with E-state index in [1.807, 2.05) is 7.11 Å². The first kappa shape index (κ1) is 16.8. The first-order chi connectivity index (χ1) is 9.86. The van der Waals surface area contributed by atoms with Gasteiger partial charge in [-0.05, 0) is 49.5 Å². The minimum atomic E-state index is 0.203. The van der Waals surface area contributed by atoms with Gasteiger partial charge in [-0.15, -0.1) is 0 Å². The third kappa shape index (κ3) is 3.79. The summed E-state index contributed by atoms with van der Waals surface area (Å²) in [7, 11) is 1.82. The molecule has 0 aromatic rings. The average molecular weight is 292 g/mol. The number of nitriles is 1.